The predicted octanol–water partition coefficient (Wildman–Crippen LogP) is 3.34. The van der Waals surface area contributed by atoms with Crippen molar-refractivity contribution in [1.82, 2.24) is 15.0 Å². The van der Waals surface area contributed by atoms with E-state index < -0.39 is 0 Å². The highest BCUT2D eigenvalue weighted by atomic mass is 16.5. The average Bonchev–Trinajstić information content (AvgIpc) is 3.14. The van der Waals surface area contributed by atoms with Gasteiger partial charge in [-0.1, -0.05) is 6.92 Å². The number of hydrogen-bond acceptors (Lipinski definition) is 6. The first-order valence-electron chi connectivity index (χ1n) is 8.66. The largest absolute Gasteiger partial charge is 0.376 e. The minimum absolute atomic E-state index is 0.273. The minimum Gasteiger partial charge on any atom is -0.376 e. The van der Waals surface area contributed by atoms with Crippen LogP contribution in [0.5, 0.6) is 0 Å². The Morgan fingerprint density at radius 2 is 2.12 bits per heavy atom. The normalized spacial score (nSPS) is 18.3. The average molecular weight is 327 g/mol. The molecule has 3 heterocycles. The van der Waals surface area contributed by atoms with Crippen molar-refractivity contribution >= 4 is 11.8 Å². The molecule has 1 fully saturated rings. The van der Waals surface area contributed by atoms with E-state index in [0.29, 0.717) is 12.0 Å². The summed E-state index contributed by atoms with van der Waals surface area (Å²) in [4.78, 5) is 13.3. The first kappa shape index (κ1) is 16.6. The third kappa shape index (κ3) is 4.41. The summed E-state index contributed by atoms with van der Waals surface area (Å²) in [6.45, 7) is 5.90. The van der Waals surface area contributed by atoms with Crippen molar-refractivity contribution in [2.45, 2.75) is 45.3 Å². The van der Waals surface area contributed by atoms with Crippen LogP contribution in [0.2, 0.25) is 0 Å². The number of ether oxygens (including phenoxy) is 1. The summed E-state index contributed by atoms with van der Waals surface area (Å²) in [7, 11) is 0. The van der Waals surface area contributed by atoms with Crippen molar-refractivity contribution in [1.29, 1.82) is 0 Å². The van der Waals surface area contributed by atoms with E-state index in [0.717, 1.165) is 49.5 Å². The molecule has 0 spiro atoms. The van der Waals surface area contributed by atoms with E-state index in [2.05, 4.69) is 39.4 Å². The maximum absolute atomic E-state index is 5.67. The molecule has 0 aliphatic carbocycles. The van der Waals surface area contributed by atoms with Gasteiger partial charge in [-0.2, -0.15) is 4.98 Å². The number of nitrogens with zero attached hydrogens (tertiary/aromatic N) is 3. The van der Waals surface area contributed by atoms with E-state index in [1.165, 1.54) is 0 Å². The van der Waals surface area contributed by atoms with Gasteiger partial charge in [-0.05, 0) is 38.3 Å². The van der Waals surface area contributed by atoms with Gasteiger partial charge < -0.3 is 15.4 Å². The van der Waals surface area contributed by atoms with Crippen LogP contribution in [0.15, 0.2) is 30.6 Å². The summed E-state index contributed by atoms with van der Waals surface area (Å²) in [5.41, 5.74) is 1.91. The monoisotopic (exact) mass is 327 g/mol. The zero-order chi connectivity index (χ0) is 16.8. The van der Waals surface area contributed by atoms with E-state index in [-0.39, 0.29) is 6.10 Å². The van der Waals surface area contributed by atoms with Gasteiger partial charge in [-0.25, -0.2) is 4.98 Å². The number of pyridine rings is 1. The van der Waals surface area contributed by atoms with Crippen molar-refractivity contribution in [3.63, 3.8) is 0 Å². The lowest BCUT2D eigenvalue weighted by molar-refractivity contribution is 0.120. The van der Waals surface area contributed by atoms with Gasteiger partial charge >= 0.3 is 0 Å². The Morgan fingerprint density at radius 1 is 1.29 bits per heavy atom. The highest BCUT2D eigenvalue weighted by molar-refractivity contribution is 5.63. The van der Waals surface area contributed by atoms with Crippen LogP contribution < -0.4 is 10.6 Å². The molecule has 1 aliphatic rings. The van der Waals surface area contributed by atoms with Crippen LogP contribution in [0.25, 0.3) is 11.3 Å². The third-order valence-electron chi connectivity index (χ3n) is 4.22. The van der Waals surface area contributed by atoms with E-state index >= 15 is 0 Å². The molecule has 0 aromatic carbocycles. The van der Waals surface area contributed by atoms with Gasteiger partial charge in [0.05, 0.1) is 11.8 Å². The van der Waals surface area contributed by atoms with Crippen molar-refractivity contribution in [3.8, 4) is 11.3 Å². The van der Waals surface area contributed by atoms with Crippen molar-refractivity contribution in [2.75, 3.05) is 23.8 Å². The molecule has 0 bridgehead atoms. The van der Waals surface area contributed by atoms with Crippen LogP contribution in [0.3, 0.4) is 0 Å². The Balaban J connectivity index is 1.81. The summed E-state index contributed by atoms with van der Waals surface area (Å²) in [6.07, 6.45) is 7.08. The Bertz CT molecular complexity index is 643. The predicted molar refractivity (Wildman–Crippen MR) is 96.1 cm³/mol. The highest BCUT2D eigenvalue weighted by Crippen LogP contribution is 2.22. The molecule has 0 amide bonds. The maximum atomic E-state index is 5.67. The second-order valence-electron chi connectivity index (χ2n) is 6.17. The van der Waals surface area contributed by atoms with Crippen molar-refractivity contribution < 1.29 is 4.74 Å². The molecule has 6 heteroatoms. The van der Waals surface area contributed by atoms with Gasteiger partial charge in [-0.15, -0.1) is 0 Å². The van der Waals surface area contributed by atoms with E-state index in [1.807, 2.05) is 18.2 Å². The molecule has 2 aromatic rings. The summed E-state index contributed by atoms with van der Waals surface area (Å²) >= 11 is 0. The number of rotatable bonds is 7. The molecule has 0 radical (unpaired) electrons. The van der Waals surface area contributed by atoms with Gasteiger partial charge in [0.2, 0.25) is 5.95 Å². The molecule has 3 rings (SSSR count). The molecule has 0 unspecified atom stereocenters. The van der Waals surface area contributed by atoms with E-state index in [9.17, 15) is 0 Å². The molecule has 128 valence electrons. The van der Waals surface area contributed by atoms with Gasteiger partial charge in [-0.3, -0.25) is 4.98 Å². The molecular weight excluding hydrogens is 302 g/mol. The molecule has 2 aromatic heterocycles. The van der Waals surface area contributed by atoms with Crippen LogP contribution >= 0.6 is 0 Å². The van der Waals surface area contributed by atoms with Crippen LogP contribution in [-0.2, 0) is 4.74 Å². The third-order valence-corrected chi connectivity index (χ3v) is 4.22. The maximum Gasteiger partial charge on any atom is 0.225 e. The zero-order valence-electron chi connectivity index (χ0n) is 14.3. The van der Waals surface area contributed by atoms with Gasteiger partial charge in [0.15, 0.2) is 0 Å². The first-order chi connectivity index (χ1) is 11.7. The summed E-state index contributed by atoms with van der Waals surface area (Å²) < 4.78 is 5.67. The fourth-order valence-corrected chi connectivity index (χ4v) is 2.62. The molecule has 6 nitrogen and oxygen atoms in total. The smallest absolute Gasteiger partial charge is 0.225 e. The zero-order valence-corrected chi connectivity index (χ0v) is 14.3. The van der Waals surface area contributed by atoms with Crippen molar-refractivity contribution in [2.24, 2.45) is 0 Å². The van der Waals surface area contributed by atoms with Crippen LogP contribution in [-0.4, -0.2) is 40.2 Å². The van der Waals surface area contributed by atoms with Crippen LogP contribution in [0.4, 0.5) is 11.8 Å². The van der Waals surface area contributed by atoms with E-state index in [4.69, 9.17) is 4.74 Å². The Kier molecular flexibility index (Phi) is 5.59. The Morgan fingerprint density at radius 3 is 2.83 bits per heavy atom. The highest BCUT2D eigenvalue weighted by Gasteiger charge is 2.16. The lowest BCUT2D eigenvalue weighted by Gasteiger charge is -2.16. The molecular formula is C18H25N5O. The topological polar surface area (TPSA) is 72.0 Å². The summed E-state index contributed by atoms with van der Waals surface area (Å²) in [5.74, 6) is 1.46. The Hall–Kier alpha value is -2.21. The molecule has 1 saturated heterocycles. The molecule has 24 heavy (non-hydrogen) atoms. The van der Waals surface area contributed by atoms with Crippen LogP contribution in [0, 0.1) is 0 Å². The summed E-state index contributed by atoms with van der Waals surface area (Å²) in [5, 5.41) is 6.76. The van der Waals surface area contributed by atoms with Gasteiger partial charge in [0, 0.05) is 43.2 Å². The number of nitrogens with one attached hydrogen (secondary N) is 2. The molecule has 2 N–H and O–H groups in total. The summed E-state index contributed by atoms with van der Waals surface area (Å²) in [6, 6.07) is 6.22. The lowest BCUT2D eigenvalue weighted by Crippen LogP contribution is -2.20. The molecule has 1 aliphatic heterocycles. The molecule has 2 atom stereocenters. The van der Waals surface area contributed by atoms with Crippen molar-refractivity contribution in [3.05, 3.63) is 30.6 Å². The first-order valence-corrected chi connectivity index (χ1v) is 8.66. The lowest BCUT2D eigenvalue weighted by atomic mass is 10.2. The second-order valence-corrected chi connectivity index (χ2v) is 6.17. The standard InChI is InChI=1S/C18H25N5O/c1-3-13(2)21-18-22-16(14-6-8-19-9-7-14)11-17(23-18)20-12-15-5-4-10-24-15/h6-9,11,13,15H,3-5,10,12H2,1-2H3,(H2,20,21,22,23)/t13-,15-/m1/s1. The fraction of sp³-hybridized carbons (Fsp3) is 0.500. The SMILES string of the molecule is CC[C@@H](C)Nc1nc(NC[C@H]2CCCO2)cc(-c2ccncc2)n1. The number of hydrogen-bond donors (Lipinski definition) is 2. The Labute approximate surface area is 143 Å². The molecule has 0 saturated carbocycles. The second kappa shape index (κ2) is 8.06. The fourth-order valence-electron chi connectivity index (χ4n) is 2.62. The quantitative estimate of drug-likeness (QED) is 0.812. The number of anilines is 2. The van der Waals surface area contributed by atoms with Gasteiger partial charge in [0.1, 0.15) is 5.82 Å². The van der Waals surface area contributed by atoms with Crippen LogP contribution in [0.1, 0.15) is 33.1 Å². The van der Waals surface area contributed by atoms with E-state index in [1.54, 1.807) is 12.4 Å². The number of aromatic nitrogens is 3. The minimum atomic E-state index is 0.273. The van der Waals surface area contributed by atoms with Gasteiger partial charge in [0.25, 0.3) is 0 Å².